The topological polar surface area (TPSA) is 55.6 Å². The summed E-state index contributed by atoms with van der Waals surface area (Å²) < 4.78 is 4.55. The summed E-state index contributed by atoms with van der Waals surface area (Å²) in [5, 5.41) is 1.86. The number of nitrogens with two attached hydrogens (primary N) is 1. The summed E-state index contributed by atoms with van der Waals surface area (Å²) in [4.78, 5) is 9.60. The third-order valence-corrected chi connectivity index (χ3v) is 1.54. The maximum Gasteiger partial charge on any atom is 0.293 e. The zero-order valence-electron chi connectivity index (χ0n) is 8.75. The van der Waals surface area contributed by atoms with E-state index in [-0.39, 0.29) is 5.60 Å². The van der Waals surface area contributed by atoms with Gasteiger partial charge in [0.2, 0.25) is 0 Å². The Hall–Kier alpha value is -0.610. The van der Waals surface area contributed by atoms with E-state index in [9.17, 15) is 4.79 Å². The maximum atomic E-state index is 9.60. The SMILES string of the molecule is CC(C)(C)OC=O.NN1CCCC1. The van der Waals surface area contributed by atoms with Crippen LogP contribution in [0.25, 0.3) is 0 Å². The first kappa shape index (κ1) is 12.4. The van der Waals surface area contributed by atoms with Crippen molar-refractivity contribution >= 4 is 6.47 Å². The molecule has 0 spiro atoms. The zero-order valence-corrected chi connectivity index (χ0v) is 8.75. The first-order valence-corrected chi connectivity index (χ1v) is 4.57. The molecule has 0 atom stereocenters. The molecule has 1 aliphatic rings. The summed E-state index contributed by atoms with van der Waals surface area (Å²) in [6.07, 6.45) is 2.58. The number of rotatable bonds is 1. The molecule has 0 radical (unpaired) electrons. The van der Waals surface area contributed by atoms with Gasteiger partial charge in [0.1, 0.15) is 5.60 Å². The Balaban J connectivity index is 0.000000223. The minimum Gasteiger partial charge on any atom is -0.462 e. The first-order chi connectivity index (χ1) is 5.95. The number of hydrogen-bond acceptors (Lipinski definition) is 4. The zero-order chi connectivity index (χ0) is 10.3. The smallest absolute Gasteiger partial charge is 0.293 e. The van der Waals surface area contributed by atoms with E-state index in [1.807, 2.05) is 25.8 Å². The molecule has 0 aliphatic carbocycles. The number of hydrogen-bond donors (Lipinski definition) is 1. The Labute approximate surface area is 80.0 Å². The average Bonchev–Trinajstić information content (AvgIpc) is 2.38. The van der Waals surface area contributed by atoms with Crippen molar-refractivity contribution < 1.29 is 9.53 Å². The van der Waals surface area contributed by atoms with E-state index in [0.717, 1.165) is 13.1 Å². The lowest BCUT2D eigenvalue weighted by Gasteiger charge is -2.14. The van der Waals surface area contributed by atoms with Gasteiger partial charge in [0.15, 0.2) is 0 Å². The summed E-state index contributed by atoms with van der Waals surface area (Å²) in [6, 6.07) is 0. The molecule has 13 heavy (non-hydrogen) atoms. The Morgan fingerprint density at radius 1 is 1.31 bits per heavy atom. The summed E-state index contributed by atoms with van der Waals surface area (Å²) in [5.41, 5.74) is -0.318. The molecule has 1 rings (SSSR count). The van der Waals surface area contributed by atoms with Gasteiger partial charge in [-0.2, -0.15) is 0 Å². The van der Waals surface area contributed by atoms with Gasteiger partial charge in [-0.15, -0.1) is 0 Å². The highest BCUT2D eigenvalue weighted by Gasteiger charge is 2.07. The molecule has 0 bridgehead atoms. The van der Waals surface area contributed by atoms with Crippen LogP contribution in [0, 0.1) is 0 Å². The van der Waals surface area contributed by atoms with Gasteiger partial charge in [0, 0.05) is 13.1 Å². The largest absolute Gasteiger partial charge is 0.462 e. The van der Waals surface area contributed by atoms with E-state index < -0.39 is 0 Å². The van der Waals surface area contributed by atoms with Gasteiger partial charge in [-0.3, -0.25) is 10.6 Å². The third kappa shape index (κ3) is 9.30. The lowest BCUT2D eigenvalue weighted by Crippen LogP contribution is -2.26. The Bertz CT molecular complexity index is 137. The molecular weight excluding hydrogens is 168 g/mol. The fourth-order valence-electron chi connectivity index (χ4n) is 0.886. The molecule has 0 aromatic heterocycles. The normalized spacial score (nSPS) is 17.5. The number of hydrazine groups is 1. The predicted molar refractivity (Wildman–Crippen MR) is 51.9 cm³/mol. The van der Waals surface area contributed by atoms with Crippen molar-refractivity contribution in [3.63, 3.8) is 0 Å². The van der Waals surface area contributed by atoms with E-state index in [2.05, 4.69) is 4.74 Å². The predicted octanol–water partition coefficient (Wildman–Crippen LogP) is 0.914. The van der Waals surface area contributed by atoms with Crippen LogP contribution >= 0.6 is 0 Å². The molecule has 0 unspecified atom stereocenters. The second-order valence-electron chi connectivity index (χ2n) is 4.07. The van der Waals surface area contributed by atoms with E-state index in [1.54, 1.807) is 0 Å². The lowest BCUT2D eigenvalue weighted by molar-refractivity contribution is -0.138. The lowest BCUT2D eigenvalue weighted by atomic mass is 10.2. The standard InChI is InChI=1S/C5H10O2.C4H10N2/c1-5(2,3)7-4-6;5-6-3-1-2-4-6/h4H,1-3H3;1-5H2. The maximum absolute atomic E-state index is 9.60. The minimum atomic E-state index is -0.318. The minimum absolute atomic E-state index is 0.318. The number of nitrogens with zero attached hydrogens (tertiary/aromatic N) is 1. The van der Waals surface area contributed by atoms with Crippen molar-refractivity contribution in [2.45, 2.75) is 39.2 Å². The van der Waals surface area contributed by atoms with Crippen molar-refractivity contribution in [3.05, 3.63) is 0 Å². The van der Waals surface area contributed by atoms with Crippen molar-refractivity contribution in [2.24, 2.45) is 5.84 Å². The highest BCUT2D eigenvalue weighted by atomic mass is 16.5. The van der Waals surface area contributed by atoms with Crippen LogP contribution in [0.5, 0.6) is 0 Å². The molecular formula is C9H20N2O2. The molecule has 78 valence electrons. The number of ether oxygens (including phenoxy) is 1. The van der Waals surface area contributed by atoms with Gasteiger partial charge < -0.3 is 4.74 Å². The van der Waals surface area contributed by atoms with Crippen LogP contribution in [0.15, 0.2) is 0 Å². The summed E-state index contributed by atoms with van der Waals surface area (Å²) in [6.45, 7) is 8.12. The second kappa shape index (κ2) is 5.94. The molecule has 0 aromatic carbocycles. The van der Waals surface area contributed by atoms with Crippen LogP contribution < -0.4 is 5.84 Å². The van der Waals surface area contributed by atoms with Gasteiger partial charge in [0.05, 0.1) is 0 Å². The van der Waals surface area contributed by atoms with Crippen LogP contribution in [0.3, 0.4) is 0 Å². The highest BCUT2D eigenvalue weighted by Crippen LogP contribution is 2.02. The van der Waals surface area contributed by atoms with E-state index in [0.29, 0.717) is 6.47 Å². The van der Waals surface area contributed by atoms with Crippen LogP contribution in [0.1, 0.15) is 33.6 Å². The quantitative estimate of drug-likeness (QED) is 0.491. The molecule has 0 amide bonds. The second-order valence-corrected chi connectivity index (χ2v) is 4.07. The first-order valence-electron chi connectivity index (χ1n) is 4.57. The highest BCUT2D eigenvalue weighted by molar-refractivity contribution is 5.37. The molecule has 4 heteroatoms. The fourth-order valence-corrected chi connectivity index (χ4v) is 0.886. The van der Waals surface area contributed by atoms with Crippen molar-refractivity contribution in [2.75, 3.05) is 13.1 Å². The third-order valence-electron chi connectivity index (χ3n) is 1.54. The van der Waals surface area contributed by atoms with Crippen molar-refractivity contribution in [1.29, 1.82) is 0 Å². The molecule has 1 heterocycles. The molecule has 1 fully saturated rings. The Morgan fingerprint density at radius 3 is 1.85 bits per heavy atom. The molecule has 4 nitrogen and oxygen atoms in total. The van der Waals surface area contributed by atoms with Gasteiger partial charge in [-0.25, -0.2) is 5.01 Å². The van der Waals surface area contributed by atoms with Gasteiger partial charge in [-0.1, -0.05) is 0 Å². The van der Waals surface area contributed by atoms with Crippen LogP contribution in [0.4, 0.5) is 0 Å². The van der Waals surface area contributed by atoms with Crippen molar-refractivity contribution in [1.82, 2.24) is 5.01 Å². The number of carbonyl (C=O) groups is 1. The van der Waals surface area contributed by atoms with E-state index in [1.165, 1.54) is 12.8 Å². The molecule has 0 saturated carbocycles. The van der Waals surface area contributed by atoms with Crippen molar-refractivity contribution in [3.8, 4) is 0 Å². The van der Waals surface area contributed by atoms with E-state index in [4.69, 9.17) is 5.84 Å². The Kier molecular flexibility index (Phi) is 5.66. The Morgan fingerprint density at radius 2 is 1.77 bits per heavy atom. The van der Waals surface area contributed by atoms with Gasteiger partial charge >= 0.3 is 0 Å². The molecule has 1 saturated heterocycles. The molecule has 1 aliphatic heterocycles. The fraction of sp³-hybridized carbons (Fsp3) is 0.889. The molecule has 0 aromatic rings. The summed E-state index contributed by atoms with van der Waals surface area (Å²) in [5.74, 6) is 5.37. The monoisotopic (exact) mass is 188 g/mol. The summed E-state index contributed by atoms with van der Waals surface area (Å²) in [7, 11) is 0. The summed E-state index contributed by atoms with van der Waals surface area (Å²) >= 11 is 0. The van der Waals surface area contributed by atoms with Gasteiger partial charge in [0.25, 0.3) is 6.47 Å². The van der Waals surface area contributed by atoms with Crippen LogP contribution in [-0.4, -0.2) is 30.2 Å². The van der Waals surface area contributed by atoms with E-state index >= 15 is 0 Å². The van der Waals surface area contributed by atoms with Crippen LogP contribution in [-0.2, 0) is 9.53 Å². The van der Waals surface area contributed by atoms with Crippen LogP contribution in [0.2, 0.25) is 0 Å². The number of carbonyl (C=O) groups excluding carboxylic acids is 1. The van der Waals surface area contributed by atoms with Gasteiger partial charge in [-0.05, 0) is 33.6 Å². The molecule has 2 N–H and O–H groups in total. The average molecular weight is 188 g/mol.